The molecule has 0 atom stereocenters. The van der Waals surface area contributed by atoms with Crippen LogP contribution in [0, 0.1) is 6.92 Å². The lowest BCUT2D eigenvalue weighted by Crippen LogP contribution is -2.30. The highest BCUT2D eigenvalue weighted by molar-refractivity contribution is 6.13. The number of carbonyl (C=O) groups is 2. The molecule has 0 bridgehead atoms. The molecule has 2 aromatic rings. The van der Waals surface area contributed by atoms with E-state index in [1.54, 1.807) is 6.08 Å². The van der Waals surface area contributed by atoms with Gasteiger partial charge in [0.25, 0.3) is 5.91 Å². The molecule has 2 aromatic carbocycles. The minimum atomic E-state index is -0.400. The van der Waals surface area contributed by atoms with E-state index in [4.69, 9.17) is 4.74 Å². The Morgan fingerprint density at radius 3 is 2.50 bits per heavy atom. The Morgan fingerprint density at radius 2 is 1.85 bits per heavy atom. The monoisotopic (exact) mass is 350 g/mol. The Kier molecular flexibility index (Phi) is 5.07. The average Bonchev–Trinajstić information content (AvgIpc) is 2.84. The highest BCUT2D eigenvalue weighted by Crippen LogP contribution is 2.19. The number of imide groups is 1. The van der Waals surface area contributed by atoms with Gasteiger partial charge in [-0.05, 0) is 50.1 Å². The molecule has 3 amide bonds. The number of carbonyl (C=O) groups excluding carboxylic acids is 2. The number of hydrogen-bond acceptors (Lipinski definition) is 3. The molecule has 1 aliphatic heterocycles. The van der Waals surface area contributed by atoms with Gasteiger partial charge in [-0.1, -0.05) is 42.0 Å². The van der Waals surface area contributed by atoms with Gasteiger partial charge in [-0.2, -0.15) is 0 Å². The molecule has 5 heteroatoms. The maximum atomic E-state index is 12.6. The van der Waals surface area contributed by atoms with Crippen molar-refractivity contribution in [1.82, 2.24) is 10.2 Å². The van der Waals surface area contributed by atoms with Crippen molar-refractivity contribution < 1.29 is 14.3 Å². The fourth-order valence-corrected chi connectivity index (χ4v) is 2.79. The number of amides is 3. The van der Waals surface area contributed by atoms with Crippen molar-refractivity contribution in [2.45, 2.75) is 33.4 Å². The van der Waals surface area contributed by atoms with E-state index in [0.29, 0.717) is 0 Å². The predicted octanol–water partition coefficient (Wildman–Crippen LogP) is 3.88. The first-order valence-electron chi connectivity index (χ1n) is 8.59. The molecule has 5 nitrogen and oxygen atoms in total. The van der Waals surface area contributed by atoms with E-state index in [1.165, 1.54) is 4.90 Å². The van der Waals surface area contributed by atoms with Gasteiger partial charge in [0, 0.05) is 0 Å². The Hall–Kier alpha value is -3.08. The number of aryl methyl sites for hydroxylation is 1. The van der Waals surface area contributed by atoms with Crippen molar-refractivity contribution in [1.29, 1.82) is 0 Å². The number of benzene rings is 2. The molecule has 0 unspecified atom stereocenters. The van der Waals surface area contributed by atoms with Gasteiger partial charge >= 0.3 is 6.03 Å². The lowest BCUT2D eigenvalue weighted by molar-refractivity contribution is -0.123. The summed E-state index contributed by atoms with van der Waals surface area (Å²) in [5, 5.41) is 2.65. The minimum absolute atomic E-state index is 0.102. The van der Waals surface area contributed by atoms with Crippen LogP contribution in [0.15, 0.2) is 54.2 Å². The van der Waals surface area contributed by atoms with Crippen LogP contribution in [0.5, 0.6) is 5.75 Å². The standard InChI is InChI=1S/C21H22N2O3/c1-14(2)26-18-9-7-16(8-10-18)12-19-20(24)23(21(25)22-19)13-17-6-4-5-15(3)11-17/h4-12,14H,13H2,1-3H3,(H,22,25)/b19-12+. The van der Waals surface area contributed by atoms with E-state index in [-0.39, 0.29) is 24.3 Å². The highest BCUT2D eigenvalue weighted by atomic mass is 16.5. The summed E-state index contributed by atoms with van der Waals surface area (Å²) in [6, 6.07) is 14.8. The smallest absolute Gasteiger partial charge is 0.329 e. The second-order valence-corrected chi connectivity index (χ2v) is 6.60. The van der Waals surface area contributed by atoms with E-state index in [1.807, 2.05) is 69.3 Å². The quantitative estimate of drug-likeness (QED) is 0.658. The van der Waals surface area contributed by atoms with Crippen molar-refractivity contribution in [3.63, 3.8) is 0 Å². The fraction of sp³-hybridized carbons (Fsp3) is 0.238. The van der Waals surface area contributed by atoms with E-state index in [9.17, 15) is 9.59 Å². The summed E-state index contributed by atoms with van der Waals surface area (Å²) >= 11 is 0. The maximum absolute atomic E-state index is 12.6. The van der Waals surface area contributed by atoms with Gasteiger partial charge in [0.1, 0.15) is 11.4 Å². The first-order valence-corrected chi connectivity index (χ1v) is 8.59. The zero-order valence-electron chi connectivity index (χ0n) is 15.2. The maximum Gasteiger partial charge on any atom is 0.329 e. The Bertz CT molecular complexity index is 854. The predicted molar refractivity (Wildman–Crippen MR) is 100 cm³/mol. The summed E-state index contributed by atoms with van der Waals surface area (Å²) < 4.78 is 5.60. The Balaban J connectivity index is 1.74. The first-order chi connectivity index (χ1) is 12.4. The number of ether oxygens (including phenoxy) is 1. The van der Waals surface area contributed by atoms with Crippen molar-refractivity contribution in [2.24, 2.45) is 0 Å². The number of rotatable bonds is 5. The summed E-state index contributed by atoms with van der Waals surface area (Å²) in [5.74, 6) is 0.448. The van der Waals surface area contributed by atoms with Crippen LogP contribution >= 0.6 is 0 Å². The fourth-order valence-electron chi connectivity index (χ4n) is 2.79. The molecular formula is C21H22N2O3. The summed E-state index contributed by atoms with van der Waals surface area (Å²) in [4.78, 5) is 26.0. The third-order valence-corrected chi connectivity index (χ3v) is 3.95. The molecule has 1 fully saturated rings. The zero-order chi connectivity index (χ0) is 18.7. The van der Waals surface area contributed by atoms with Gasteiger partial charge in [-0.25, -0.2) is 4.79 Å². The van der Waals surface area contributed by atoms with Crippen LogP contribution < -0.4 is 10.1 Å². The topological polar surface area (TPSA) is 58.6 Å². The molecule has 0 aromatic heterocycles. The van der Waals surface area contributed by atoms with Crippen molar-refractivity contribution in [3.8, 4) is 5.75 Å². The molecule has 1 heterocycles. The van der Waals surface area contributed by atoms with Gasteiger partial charge in [-0.3, -0.25) is 9.69 Å². The van der Waals surface area contributed by atoms with Crippen LogP contribution in [0.4, 0.5) is 4.79 Å². The van der Waals surface area contributed by atoms with Gasteiger partial charge < -0.3 is 10.1 Å². The van der Waals surface area contributed by atoms with Crippen LogP contribution in [-0.2, 0) is 11.3 Å². The molecule has 1 N–H and O–H groups in total. The third kappa shape index (κ3) is 4.11. The lowest BCUT2D eigenvalue weighted by Gasteiger charge is -2.12. The average molecular weight is 350 g/mol. The molecule has 0 saturated carbocycles. The minimum Gasteiger partial charge on any atom is -0.491 e. The van der Waals surface area contributed by atoms with Crippen LogP contribution in [0.25, 0.3) is 6.08 Å². The van der Waals surface area contributed by atoms with Gasteiger partial charge in [0.15, 0.2) is 0 Å². The highest BCUT2D eigenvalue weighted by Gasteiger charge is 2.33. The molecule has 1 saturated heterocycles. The molecule has 26 heavy (non-hydrogen) atoms. The number of hydrogen-bond donors (Lipinski definition) is 1. The molecule has 0 spiro atoms. The van der Waals surface area contributed by atoms with Crippen LogP contribution in [0.1, 0.15) is 30.5 Å². The summed E-state index contributed by atoms with van der Waals surface area (Å²) in [6.07, 6.45) is 1.78. The zero-order valence-corrected chi connectivity index (χ0v) is 15.2. The Morgan fingerprint density at radius 1 is 1.12 bits per heavy atom. The number of urea groups is 1. The molecule has 3 rings (SSSR count). The molecule has 0 radical (unpaired) electrons. The SMILES string of the molecule is Cc1cccc(CN2C(=O)N/C(=C/c3ccc(OC(C)C)cc3)C2=O)c1. The summed E-state index contributed by atoms with van der Waals surface area (Å²) in [5.41, 5.74) is 3.11. The number of nitrogens with one attached hydrogen (secondary N) is 1. The van der Waals surface area contributed by atoms with E-state index >= 15 is 0 Å². The second kappa shape index (κ2) is 7.44. The molecule has 1 aliphatic rings. The lowest BCUT2D eigenvalue weighted by atomic mass is 10.1. The van der Waals surface area contributed by atoms with E-state index < -0.39 is 6.03 Å². The largest absolute Gasteiger partial charge is 0.491 e. The van der Waals surface area contributed by atoms with Crippen LogP contribution in [-0.4, -0.2) is 22.9 Å². The molecular weight excluding hydrogens is 328 g/mol. The molecule has 0 aliphatic carbocycles. The number of nitrogens with zero attached hydrogens (tertiary/aromatic N) is 1. The van der Waals surface area contributed by atoms with Crippen molar-refractivity contribution in [3.05, 3.63) is 70.9 Å². The summed E-state index contributed by atoms with van der Waals surface area (Å²) in [6.45, 7) is 6.16. The summed E-state index contributed by atoms with van der Waals surface area (Å²) in [7, 11) is 0. The van der Waals surface area contributed by atoms with Crippen LogP contribution in [0.2, 0.25) is 0 Å². The van der Waals surface area contributed by atoms with Gasteiger partial charge in [0.05, 0.1) is 12.6 Å². The van der Waals surface area contributed by atoms with Crippen LogP contribution in [0.3, 0.4) is 0 Å². The Labute approximate surface area is 153 Å². The van der Waals surface area contributed by atoms with Gasteiger partial charge in [0.2, 0.25) is 0 Å². The van der Waals surface area contributed by atoms with Crippen molar-refractivity contribution >= 4 is 18.0 Å². The van der Waals surface area contributed by atoms with E-state index in [2.05, 4.69) is 5.32 Å². The van der Waals surface area contributed by atoms with E-state index in [0.717, 1.165) is 22.4 Å². The normalized spacial score (nSPS) is 15.7. The van der Waals surface area contributed by atoms with Crippen molar-refractivity contribution in [2.75, 3.05) is 0 Å². The van der Waals surface area contributed by atoms with Gasteiger partial charge in [-0.15, -0.1) is 0 Å². The first kappa shape index (κ1) is 17.7. The third-order valence-electron chi connectivity index (χ3n) is 3.95. The molecule has 134 valence electrons. The second-order valence-electron chi connectivity index (χ2n) is 6.60.